The van der Waals surface area contributed by atoms with Crippen molar-refractivity contribution >= 4 is 22.8 Å². The molecular formula is C24H28N4O3. The molecular weight excluding hydrogens is 392 g/mol. The molecule has 2 aromatic heterocycles. The first-order chi connectivity index (χ1) is 15.0. The molecule has 0 saturated carbocycles. The van der Waals surface area contributed by atoms with Gasteiger partial charge in [0.15, 0.2) is 0 Å². The van der Waals surface area contributed by atoms with Crippen molar-refractivity contribution in [2.24, 2.45) is 5.92 Å². The number of ether oxygens (including phenoxy) is 1. The van der Waals surface area contributed by atoms with E-state index in [9.17, 15) is 9.90 Å². The Morgan fingerprint density at radius 2 is 2.10 bits per heavy atom. The lowest BCUT2D eigenvalue weighted by Crippen LogP contribution is -2.50. The Kier molecular flexibility index (Phi) is 5.14. The van der Waals surface area contributed by atoms with Gasteiger partial charge in [-0.1, -0.05) is 13.0 Å². The average molecular weight is 421 g/mol. The molecule has 2 fully saturated rings. The van der Waals surface area contributed by atoms with E-state index in [0.717, 1.165) is 67.0 Å². The van der Waals surface area contributed by atoms with Gasteiger partial charge in [-0.15, -0.1) is 0 Å². The molecule has 1 atom stereocenters. The van der Waals surface area contributed by atoms with Gasteiger partial charge in [-0.05, 0) is 61.9 Å². The van der Waals surface area contributed by atoms with Crippen molar-refractivity contribution in [2.75, 3.05) is 24.6 Å². The van der Waals surface area contributed by atoms with Crippen molar-refractivity contribution < 1.29 is 14.6 Å². The number of carboxylic acid groups (broad SMARTS) is 1. The number of aromatic amines is 1. The Morgan fingerprint density at radius 1 is 1.26 bits per heavy atom. The fraction of sp³-hybridized carbons (Fsp3) is 0.458. The molecule has 2 aliphatic rings. The SMILES string of the molecule is CCc1ccc2[nH]c(-c3ccc(N4CCC5(CCC(C(=O)O)CO5)CC4)nc3)nc2c1. The van der Waals surface area contributed by atoms with Crippen LogP contribution in [-0.4, -0.2) is 51.3 Å². The van der Waals surface area contributed by atoms with E-state index >= 15 is 0 Å². The van der Waals surface area contributed by atoms with Crippen LogP contribution in [0.15, 0.2) is 36.5 Å². The zero-order chi connectivity index (χ0) is 21.4. The summed E-state index contributed by atoms with van der Waals surface area (Å²) >= 11 is 0. The summed E-state index contributed by atoms with van der Waals surface area (Å²) in [6.45, 7) is 4.22. The fourth-order valence-corrected chi connectivity index (χ4v) is 4.72. The first kappa shape index (κ1) is 20.0. The number of imidazole rings is 1. The molecule has 0 amide bonds. The van der Waals surface area contributed by atoms with Gasteiger partial charge in [-0.2, -0.15) is 0 Å². The molecule has 162 valence electrons. The molecule has 0 bridgehead atoms. The zero-order valence-electron chi connectivity index (χ0n) is 17.8. The minimum absolute atomic E-state index is 0.159. The van der Waals surface area contributed by atoms with E-state index in [1.807, 2.05) is 6.20 Å². The maximum absolute atomic E-state index is 11.2. The van der Waals surface area contributed by atoms with Gasteiger partial charge in [0.1, 0.15) is 11.6 Å². The third-order valence-corrected chi connectivity index (χ3v) is 6.86. The summed E-state index contributed by atoms with van der Waals surface area (Å²) in [5.41, 5.74) is 4.12. The number of benzene rings is 1. The van der Waals surface area contributed by atoms with E-state index in [2.05, 4.69) is 47.1 Å². The van der Waals surface area contributed by atoms with Gasteiger partial charge in [0.2, 0.25) is 0 Å². The Balaban J connectivity index is 1.24. The molecule has 0 aliphatic carbocycles. The van der Waals surface area contributed by atoms with Crippen molar-refractivity contribution in [1.29, 1.82) is 0 Å². The molecule has 5 rings (SSSR count). The van der Waals surface area contributed by atoms with Gasteiger partial charge in [0.05, 0.1) is 29.2 Å². The van der Waals surface area contributed by atoms with Crippen LogP contribution in [0.1, 0.15) is 38.2 Å². The lowest BCUT2D eigenvalue weighted by atomic mass is 9.82. The Hall–Kier alpha value is -2.93. The molecule has 3 aromatic rings. The molecule has 31 heavy (non-hydrogen) atoms. The Bertz CT molecular complexity index is 1070. The fourth-order valence-electron chi connectivity index (χ4n) is 4.72. The van der Waals surface area contributed by atoms with E-state index in [0.29, 0.717) is 13.0 Å². The highest BCUT2D eigenvalue weighted by molar-refractivity contribution is 5.80. The third-order valence-electron chi connectivity index (χ3n) is 6.86. The Labute approximate surface area is 181 Å². The molecule has 1 aromatic carbocycles. The molecule has 7 heteroatoms. The van der Waals surface area contributed by atoms with Crippen LogP contribution >= 0.6 is 0 Å². The normalized spacial score (nSPS) is 20.9. The number of pyridine rings is 1. The lowest BCUT2D eigenvalue weighted by molar-refractivity contribution is -0.158. The average Bonchev–Trinajstić information content (AvgIpc) is 3.23. The second-order valence-corrected chi connectivity index (χ2v) is 8.75. The summed E-state index contributed by atoms with van der Waals surface area (Å²) in [6, 6.07) is 10.5. The van der Waals surface area contributed by atoms with E-state index in [-0.39, 0.29) is 11.5 Å². The molecule has 2 N–H and O–H groups in total. The summed E-state index contributed by atoms with van der Waals surface area (Å²) in [7, 11) is 0. The molecule has 0 radical (unpaired) electrons. The van der Waals surface area contributed by atoms with E-state index in [4.69, 9.17) is 14.7 Å². The predicted octanol–water partition coefficient (Wildman–Crippen LogP) is 4.04. The van der Waals surface area contributed by atoms with Crippen LogP contribution in [0.3, 0.4) is 0 Å². The van der Waals surface area contributed by atoms with Crippen LogP contribution in [-0.2, 0) is 16.0 Å². The number of aromatic nitrogens is 3. The first-order valence-electron chi connectivity index (χ1n) is 11.1. The number of piperidine rings is 1. The van der Waals surface area contributed by atoms with Gasteiger partial charge >= 0.3 is 5.97 Å². The molecule has 2 aliphatic heterocycles. The number of fused-ring (bicyclic) bond motifs is 1. The summed E-state index contributed by atoms with van der Waals surface area (Å²) in [5.74, 6) is 0.696. The standard InChI is InChI=1S/C24H28N4O3/c1-2-16-3-5-19-20(13-16)27-22(26-19)17-4-6-21(25-14-17)28-11-9-24(10-12-28)8-7-18(15-31-24)23(29)30/h3-6,13-14,18H,2,7-12,15H2,1H3,(H,26,27)(H,29,30). The minimum atomic E-state index is -0.744. The Morgan fingerprint density at radius 3 is 2.74 bits per heavy atom. The summed E-state index contributed by atoms with van der Waals surface area (Å²) in [5, 5.41) is 9.18. The maximum Gasteiger partial charge on any atom is 0.308 e. The molecule has 4 heterocycles. The van der Waals surface area contributed by atoms with Crippen LogP contribution in [0, 0.1) is 5.92 Å². The second kappa shape index (κ2) is 7.96. The third kappa shape index (κ3) is 3.90. The number of carbonyl (C=O) groups is 1. The topological polar surface area (TPSA) is 91.3 Å². The number of hydrogen-bond donors (Lipinski definition) is 2. The molecule has 1 spiro atoms. The molecule has 1 unspecified atom stereocenters. The summed E-state index contributed by atoms with van der Waals surface area (Å²) < 4.78 is 6.05. The number of hydrogen-bond acceptors (Lipinski definition) is 5. The number of H-pyrrole nitrogens is 1. The van der Waals surface area contributed by atoms with Gasteiger partial charge in [0.25, 0.3) is 0 Å². The van der Waals surface area contributed by atoms with Crippen molar-refractivity contribution in [1.82, 2.24) is 15.0 Å². The van der Waals surface area contributed by atoms with Crippen LogP contribution in [0.5, 0.6) is 0 Å². The number of rotatable bonds is 4. The molecule has 2 saturated heterocycles. The second-order valence-electron chi connectivity index (χ2n) is 8.75. The van der Waals surface area contributed by atoms with Crippen LogP contribution in [0.2, 0.25) is 0 Å². The van der Waals surface area contributed by atoms with Crippen LogP contribution < -0.4 is 4.90 Å². The van der Waals surface area contributed by atoms with Crippen molar-refractivity contribution in [3.8, 4) is 11.4 Å². The summed E-state index contributed by atoms with van der Waals surface area (Å²) in [4.78, 5) is 26.3. The number of nitrogens with one attached hydrogen (secondary N) is 1. The van der Waals surface area contributed by atoms with E-state index < -0.39 is 5.97 Å². The highest BCUT2D eigenvalue weighted by Crippen LogP contribution is 2.37. The smallest absolute Gasteiger partial charge is 0.308 e. The predicted molar refractivity (Wildman–Crippen MR) is 119 cm³/mol. The number of anilines is 1. The number of aryl methyl sites for hydroxylation is 1. The van der Waals surface area contributed by atoms with E-state index in [1.54, 1.807) is 0 Å². The highest BCUT2D eigenvalue weighted by Gasteiger charge is 2.41. The van der Waals surface area contributed by atoms with Gasteiger partial charge in [-0.3, -0.25) is 4.79 Å². The van der Waals surface area contributed by atoms with Gasteiger partial charge in [-0.25, -0.2) is 9.97 Å². The minimum Gasteiger partial charge on any atom is -0.481 e. The lowest BCUT2D eigenvalue weighted by Gasteiger charge is -2.45. The van der Waals surface area contributed by atoms with Crippen LogP contribution in [0.25, 0.3) is 22.4 Å². The number of carboxylic acids is 1. The number of aliphatic carboxylic acids is 1. The van der Waals surface area contributed by atoms with Crippen molar-refractivity contribution in [3.05, 3.63) is 42.1 Å². The van der Waals surface area contributed by atoms with E-state index in [1.165, 1.54) is 5.56 Å². The van der Waals surface area contributed by atoms with Crippen molar-refractivity contribution in [2.45, 2.75) is 44.6 Å². The molecule has 7 nitrogen and oxygen atoms in total. The van der Waals surface area contributed by atoms with Gasteiger partial charge < -0.3 is 19.7 Å². The number of nitrogens with zero attached hydrogens (tertiary/aromatic N) is 3. The monoisotopic (exact) mass is 420 g/mol. The van der Waals surface area contributed by atoms with Crippen LogP contribution in [0.4, 0.5) is 5.82 Å². The largest absolute Gasteiger partial charge is 0.481 e. The zero-order valence-corrected chi connectivity index (χ0v) is 17.8. The van der Waals surface area contributed by atoms with Gasteiger partial charge in [0, 0.05) is 24.8 Å². The summed E-state index contributed by atoms with van der Waals surface area (Å²) in [6.07, 6.45) is 6.23. The maximum atomic E-state index is 11.2. The highest BCUT2D eigenvalue weighted by atomic mass is 16.5. The van der Waals surface area contributed by atoms with Crippen molar-refractivity contribution in [3.63, 3.8) is 0 Å². The quantitative estimate of drug-likeness (QED) is 0.662. The first-order valence-corrected chi connectivity index (χ1v) is 11.1.